The van der Waals surface area contributed by atoms with Crippen LogP contribution in [0.5, 0.6) is 0 Å². The van der Waals surface area contributed by atoms with Crippen LogP contribution >= 0.6 is 0 Å². The number of carbonyl (C=O) groups excluding carboxylic acids is 2. The van der Waals surface area contributed by atoms with Crippen molar-refractivity contribution < 1.29 is 52.2 Å². The van der Waals surface area contributed by atoms with E-state index in [0.29, 0.717) is 12.8 Å². The molecule has 5 aliphatic heterocycles. The van der Waals surface area contributed by atoms with E-state index in [-0.39, 0.29) is 84.7 Å². The molecule has 2 N–H and O–H groups in total. The SMILES string of the molecule is CC[C@]1([C@@H]2O[C@@H]([C@H]3O[C@](COC(C)=O)(OC)[C@H](C)C[C@@H]3C)C[C@@H]2C)CC[C@H]([C@@]2(C)CC[C@]3(C[C@H](N)[C@@H](C)[C@@H]([C@@H](C)[C@@H](OC)[C@H](C)C(=O)OC)O3)O2)O1. The van der Waals surface area contributed by atoms with Crippen molar-refractivity contribution in [2.45, 2.75) is 179 Å². The third-order valence-electron chi connectivity index (χ3n) is 13.9. The fourth-order valence-electron chi connectivity index (χ4n) is 10.6. The molecule has 0 bridgehead atoms. The molecule has 12 nitrogen and oxygen atoms in total. The Morgan fingerprint density at radius 1 is 0.962 bits per heavy atom. The van der Waals surface area contributed by atoms with Crippen LogP contribution in [-0.2, 0) is 52.2 Å². The van der Waals surface area contributed by atoms with Crippen molar-refractivity contribution in [2.75, 3.05) is 27.9 Å². The van der Waals surface area contributed by atoms with Gasteiger partial charge in [-0.3, -0.25) is 9.59 Å². The number of methoxy groups -OCH3 is 3. The molecule has 5 aliphatic rings. The van der Waals surface area contributed by atoms with Crippen molar-refractivity contribution in [1.82, 2.24) is 0 Å². The van der Waals surface area contributed by atoms with Crippen LogP contribution < -0.4 is 5.73 Å². The van der Waals surface area contributed by atoms with Gasteiger partial charge in [0, 0.05) is 51.9 Å². The van der Waals surface area contributed by atoms with E-state index in [1.165, 1.54) is 14.0 Å². The number of hydrogen-bond donors (Lipinski definition) is 1. The van der Waals surface area contributed by atoms with Crippen LogP contribution in [0.25, 0.3) is 0 Å². The quantitative estimate of drug-likeness (QED) is 0.251. The van der Waals surface area contributed by atoms with Crippen molar-refractivity contribution >= 4 is 11.9 Å². The monoisotopic (exact) mass is 739 g/mol. The zero-order valence-electron chi connectivity index (χ0n) is 33.9. The summed E-state index contributed by atoms with van der Waals surface area (Å²) in [5.41, 5.74) is 5.80. The molecule has 0 aromatic heterocycles. The number of carbonyl (C=O) groups is 2. The molecule has 5 saturated heterocycles. The second-order valence-electron chi connectivity index (χ2n) is 17.4. The van der Waals surface area contributed by atoms with E-state index in [1.54, 1.807) is 14.2 Å². The van der Waals surface area contributed by atoms with E-state index in [1.807, 2.05) is 6.92 Å². The van der Waals surface area contributed by atoms with Crippen LogP contribution in [0.3, 0.4) is 0 Å². The summed E-state index contributed by atoms with van der Waals surface area (Å²) in [4.78, 5) is 24.2. The molecule has 300 valence electrons. The molecule has 5 heterocycles. The van der Waals surface area contributed by atoms with Crippen molar-refractivity contribution in [3.05, 3.63) is 0 Å². The van der Waals surface area contributed by atoms with Gasteiger partial charge in [0.15, 0.2) is 5.79 Å². The van der Waals surface area contributed by atoms with Crippen molar-refractivity contribution in [3.8, 4) is 0 Å². The summed E-state index contributed by atoms with van der Waals surface area (Å²) in [5.74, 6) is -2.55. The molecule has 0 radical (unpaired) electrons. The molecule has 0 aliphatic carbocycles. The zero-order chi connectivity index (χ0) is 38.4. The standard InChI is InChI=1S/C40H69NO11/c1-13-38(35-23(3)19-30(48-35)32-22(2)18-24(4)40(46-12,51-32)21-47-28(8)42)15-14-31(49-38)37(9)16-17-39(52-37)20-29(41)25(5)34(50-39)26(6)33(44-10)27(7)36(43)45-11/h22-27,29-35H,13-21,41H2,1-12H3/t22-,23-,24+,25+,26-,27-,29-,30+,31+,32-,33+,34-,35+,37+,38+,39+,40-/m0/s1. The largest absolute Gasteiger partial charge is 0.469 e. The van der Waals surface area contributed by atoms with Crippen LogP contribution in [0.15, 0.2) is 0 Å². The Bertz CT molecular complexity index is 1250. The van der Waals surface area contributed by atoms with Crippen LogP contribution in [-0.4, -0.2) is 105 Å². The molecule has 0 unspecified atom stereocenters. The summed E-state index contributed by atoms with van der Waals surface area (Å²) < 4.78 is 57.3. The minimum absolute atomic E-state index is 0.0396. The van der Waals surface area contributed by atoms with Gasteiger partial charge in [-0.2, -0.15) is 0 Å². The number of rotatable bonds is 12. The van der Waals surface area contributed by atoms with Crippen LogP contribution in [0.2, 0.25) is 0 Å². The Balaban J connectivity index is 1.29. The third kappa shape index (κ3) is 7.71. The third-order valence-corrected chi connectivity index (χ3v) is 13.9. The van der Waals surface area contributed by atoms with Gasteiger partial charge in [-0.1, -0.05) is 41.5 Å². The molecule has 5 fully saturated rings. The first-order chi connectivity index (χ1) is 24.4. The summed E-state index contributed by atoms with van der Waals surface area (Å²) in [6.45, 7) is 18.4. The molecule has 52 heavy (non-hydrogen) atoms. The van der Waals surface area contributed by atoms with Crippen molar-refractivity contribution in [1.29, 1.82) is 0 Å². The van der Waals surface area contributed by atoms with Crippen molar-refractivity contribution in [2.24, 2.45) is 41.2 Å². The molecule has 1 spiro atoms. The summed E-state index contributed by atoms with van der Waals surface area (Å²) in [6, 6.07) is -0.142. The number of hydrogen-bond acceptors (Lipinski definition) is 12. The number of nitrogens with two attached hydrogens (primary N) is 1. The van der Waals surface area contributed by atoms with E-state index < -0.39 is 34.8 Å². The van der Waals surface area contributed by atoms with E-state index in [2.05, 4.69) is 48.5 Å². The summed E-state index contributed by atoms with van der Waals surface area (Å²) in [5, 5.41) is 0. The Morgan fingerprint density at radius 2 is 1.67 bits per heavy atom. The van der Waals surface area contributed by atoms with Gasteiger partial charge in [-0.25, -0.2) is 0 Å². The van der Waals surface area contributed by atoms with Gasteiger partial charge in [0.05, 0.1) is 60.9 Å². The second-order valence-corrected chi connectivity index (χ2v) is 17.4. The number of esters is 2. The normalized spacial score (nSPS) is 46.9. The molecule has 0 aromatic carbocycles. The Labute approximate surface area is 312 Å². The topological polar surface area (TPSA) is 143 Å². The highest BCUT2D eigenvalue weighted by atomic mass is 16.7. The van der Waals surface area contributed by atoms with Gasteiger partial charge < -0.3 is 48.4 Å². The average molecular weight is 740 g/mol. The maximum absolute atomic E-state index is 12.5. The predicted molar refractivity (Wildman–Crippen MR) is 193 cm³/mol. The highest BCUT2D eigenvalue weighted by molar-refractivity contribution is 5.72. The molecule has 17 atom stereocenters. The molecule has 12 heteroatoms. The molecular weight excluding hydrogens is 670 g/mol. The molecule has 5 rings (SSSR count). The molecule has 0 saturated carbocycles. The van der Waals surface area contributed by atoms with Gasteiger partial charge >= 0.3 is 11.9 Å². The highest BCUT2D eigenvalue weighted by Crippen LogP contribution is 2.55. The lowest BCUT2D eigenvalue weighted by Gasteiger charge is -2.49. The maximum atomic E-state index is 12.5. The maximum Gasteiger partial charge on any atom is 0.311 e. The summed E-state index contributed by atoms with van der Waals surface area (Å²) in [7, 11) is 4.65. The number of ether oxygens (including phenoxy) is 9. The minimum Gasteiger partial charge on any atom is -0.469 e. The Morgan fingerprint density at radius 3 is 2.29 bits per heavy atom. The van der Waals surface area contributed by atoms with Gasteiger partial charge in [0.25, 0.3) is 0 Å². The van der Waals surface area contributed by atoms with Gasteiger partial charge in [-0.15, -0.1) is 0 Å². The fourth-order valence-corrected chi connectivity index (χ4v) is 10.6. The van der Waals surface area contributed by atoms with Gasteiger partial charge in [0.2, 0.25) is 5.79 Å². The molecular formula is C40H69NO11. The fraction of sp³-hybridized carbons (Fsp3) is 0.950. The molecule has 0 amide bonds. The first kappa shape index (κ1) is 41.8. The summed E-state index contributed by atoms with van der Waals surface area (Å²) >= 11 is 0. The highest BCUT2D eigenvalue weighted by Gasteiger charge is 2.62. The van der Waals surface area contributed by atoms with Crippen LogP contribution in [0, 0.1) is 35.5 Å². The molecule has 0 aromatic rings. The van der Waals surface area contributed by atoms with Crippen molar-refractivity contribution in [3.63, 3.8) is 0 Å². The van der Waals surface area contributed by atoms with E-state index in [9.17, 15) is 9.59 Å². The smallest absolute Gasteiger partial charge is 0.311 e. The van der Waals surface area contributed by atoms with Gasteiger partial charge in [-0.05, 0) is 70.1 Å². The zero-order valence-corrected chi connectivity index (χ0v) is 33.9. The van der Waals surface area contributed by atoms with E-state index in [0.717, 1.165) is 38.5 Å². The van der Waals surface area contributed by atoms with E-state index in [4.69, 9.17) is 48.4 Å². The first-order valence-electron chi connectivity index (χ1n) is 19.9. The average Bonchev–Trinajstić information content (AvgIpc) is 3.82. The Kier molecular flexibility index (Phi) is 12.9. The second kappa shape index (κ2) is 16.0. The Hall–Kier alpha value is -1.38. The van der Waals surface area contributed by atoms with Gasteiger partial charge in [0.1, 0.15) is 6.61 Å². The summed E-state index contributed by atoms with van der Waals surface area (Å²) in [6.07, 6.45) is 5.05. The predicted octanol–water partition coefficient (Wildman–Crippen LogP) is 5.55. The van der Waals surface area contributed by atoms with E-state index >= 15 is 0 Å². The first-order valence-corrected chi connectivity index (χ1v) is 19.9. The lowest BCUT2D eigenvalue weighted by molar-refractivity contribution is -0.334. The van der Waals surface area contributed by atoms with Crippen LogP contribution in [0.1, 0.15) is 114 Å². The lowest BCUT2D eigenvalue weighted by Crippen LogP contribution is -2.59. The van der Waals surface area contributed by atoms with Crippen LogP contribution in [0.4, 0.5) is 0 Å². The minimum atomic E-state index is -1.02. The lowest BCUT2D eigenvalue weighted by atomic mass is 9.77.